The van der Waals surface area contributed by atoms with Crippen molar-refractivity contribution in [2.24, 2.45) is 0 Å². The fraction of sp³-hybridized carbons (Fsp3) is 0.0714. The van der Waals surface area contributed by atoms with E-state index in [2.05, 4.69) is 21.0 Å². The van der Waals surface area contributed by atoms with Crippen LogP contribution in [0.25, 0.3) is 10.9 Å². The minimum Gasteiger partial charge on any atom is -0.279 e. The van der Waals surface area contributed by atoms with Gasteiger partial charge < -0.3 is 0 Å². The van der Waals surface area contributed by atoms with Crippen LogP contribution in [-0.4, -0.2) is 9.78 Å². The van der Waals surface area contributed by atoms with Crippen molar-refractivity contribution in [3.05, 3.63) is 68.9 Å². The average Bonchev–Trinajstić information content (AvgIpc) is 2.69. The molecule has 0 saturated carbocycles. The molecular weight excluding hydrogens is 292 g/mol. The summed E-state index contributed by atoms with van der Waals surface area (Å²) < 4.78 is 2.80. The van der Waals surface area contributed by atoms with Gasteiger partial charge in [0, 0.05) is 4.47 Å². The van der Waals surface area contributed by atoms with Gasteiger partial charge in [0.05, 0.1) is 17.4 Å². The minimum absolute atomic E-state index is 0.0535. The number of H-pyrrole nitrogens is 1. The van der Waals surface area contributed by atoms with Crippen molar-refractivity contribution in [1.29, 1.82) is 0 Å². The van der Waals surface area contributed by atoms with Crippen molar-refractivity contribution in [2.45, 2.75) is 6.54 Å². The number of fused-ring (bicyclic) bond motifs is 1. The molecule has 90 valence electrons. The van der Waals surface area contributed by atoms with Gasteiger partial charge in [-0.1, -0.05) is 36.4 Å². The normalized spacial score (nSPS) is 10.9. The van der Waals surface area contributed by atoms with Crippen LogP contribution in [-0.2, 0) is 6.54 Å². The minimum atomic E-state index is -0.0535. The highest BCUT2D eigenvalue weighted by atomic mass is 79.9. The van der Waals surface area contributed by atoms with Gasteiger partial charge in [0.15, 0.2) is 0 Å². The monoisotopic (exact) mass is 302 g/mol. The topological polar surface area (TPSA) is 37.8 Å². The maximum Gasteiger partial charge on any atom is 0.272 e. The quantitative estimate of drug-likeness (QED) is 0.776. The third-order valence-corrected chi connectivity index (χ3v) is 3.56. The van der Waals surface area contributed by atoms with E-state index in [1.54, 1.807) is 0 Å². The van der Waals surface area contributed by atoms with Gasteiger partial charge in [0.2, 0.25) is 0 Å². The molecule has 0 bridgehead atoms. The third-order valence-electron chi connectivity index (χ3n) is 2.92. The summed E-state index contributed by atoms with van der Waals surface area (Å²) in [5.74, 6) is 0. The van der Waals surface area contributed by atoms with E-state index in [-0.39, 0.29) is 5.56 Å². The van der Waals surface area contributed by atoms with Gasteiger partial charge in [-0.15, -0.1) is 0 Å². The highest BCUT2D eigenvalue weighted by Crippen LogP contribution is 2.21. The fourth-order valence-electron chi connectivity index (χ4n) is 2.10. The van der Waals surface area contributed by atoms with E-state index < -0.39 is 0 Å². The Morgan fingerprint density at radius 1 is 1.06 bits per heavy atom. The lowest BCUT2D eigenvalue weighted by Crippen LogP contribution is -2.06. The number of hydrogen-bond acceptors (Lipinski definition) is 1. The summed E-state index contributed by atoms with van der Waals surface area (Å²) in [7, 11) is 0. The Bertz CT molecular complexity index is 743. The van der Waals surface area contributed by atoms with Crippen LogP contribution in [0.2, 0.25) is 0 Å². The van der Waals surface area contributed by atoms with E-state index in [1.165, 1.54) is 0 Å². The van der Waals surface area contributed by atoms with E-state index in [4.69, 9.17) is 0 Å². The smallest absolute Gasteiger partial charge is 0.272 e. The molecule has 1 heterocycles. The molecule has 0 aliphatic rings. The van der Waals surface area contributed by atoms with Crippen molar-refractivity contribution in [1.82, 2.24) is 9.78 Å². The maximum absolute atomic E-state index is 11.8. The molecule has 18 heavy (non-hydrogen) atoms. The molecule has 3 nitrogen and oxygen atoms in total. The first kappa shape index (κ1) is 11.3. The largest absolute Gasteiger partial charge is 0.279 e. The van der Waals surface area contributed by atoms with Gasteiger partial charge in [0.1, 0.15) is 0 Å². The third kappa shape index (κ3) is 1.88. The lowest BCUT2D eigenvalue weighted by molar-refractivity contribution is 0.702. The number of benzene rings is 2. The van der Waals surface area contributed by atoms with Crippen molar-refractivity contribution in [3.63, 3.8) is 0 Å². The zero-order valence-corrected chi connectivity index (χ0v) is 11.1. The van der Waals surface area contributed by atoms with Crippen LogP contribution < -0.4 is 5.56 Å². The molecular formula is C14H11BrN2O. The molecule has 0 saturated heterocycles. The molecule has 4 heteroatoms. The van der Waals surface area contributed by atoms with Crippen molar-refractivity contribution in [2.75, 3.05) is 0 Å². The first-order valence-electron chi connectivity index (χ1n) is 5.66. The van der Waals surface area contributed by atoms with Gasteiger partial charge in [-0.2, -0.15) is 0 Å². The van der Waals surface area contributed by atoms with Gasteiger partial charge in [0.25, 0.3) is 5.56 Å². The molecule has 1 aromatic heterocycles. The number of nitrogens with one attached hydrogen (secondary N) is 1. The van der Waals surface area contributed by atoms with Crippen molar-refractivity contribution < 1.29 is 0 Å². The number of hydrogen-bond donors (Lipinski definition) is 1. The number of rotatable bonds is 2. The van der Waals surface area contributed by atoms with Gasteiger partial charge in [-0.25, -0.2) is 0 Å². The van der Waals surface area contributed by atoms with E-state index in [1.807, 2.05) is 53.2 Å². The first-order valence-corrected chi connectivity index (χ1v) is 6.46. The Labute approximate surface area is 112 Å². The van der Waals surface area contributed by atoms with Gasteiger partial charge in [-0.3, -0.25) is 14.6 Å². The summed E-state index contributed by atoms with van der Waals surface area (Å²) in [5.41, 5.74) is 2.01. The number of aromatic amines is 1. The summed E-state index contributed by atoms with van der Waals surface area (Å²) in [6.07, 6.45) is 0. The van der Waals surface area contributed by atoms with Crippen molar-refractivity contribution >= 4 is 26.8 Å². The molecule has 3 rings (SSSR count). The molecule has 2 aromatic carbocycles. The zero-order valence-electron chi connectivity index (χ0n) is 9.56. The van der Waals surface area contributed by atoms with Crippen LogP contribution in [0.1, 0.15) is 5.56 Å². The Balaban J connectivity index is 2.16. The Kier molecular flexibility index (Phi) is 2.80. The van der Waals surface area contributed by atoms with Gasteiger partial charge >= 0.3 is 0 Å². The highest BCUT2D eigenvalue weighted by molar-refractivity contribution is 9.10. The predicted octanol–water partition coefficient (Wildman–Crippen LogP) is 3.14. The SMILES string of the molecule is O=c1[nH]n(Cc2ccccc2)c2c(Br)cccc12. The second-order valence-electron chi connectivity index (χ2n) is 4.15. The van der Waals surface area contributed by atoms with Crippen LogP contribution in [0.3, 0.4) is 0 Å². The van der Waals surface area contributed by atoms with Crippen LogP contribution in [0.4, 0.5) is 0 Å². The molecule has 3 aromatic rings. The standard InChI is InChI=1S/C14H11BrN2O/c15-12-8-4-7-11-13(12)17(16-14(11)18)9-10-5-2-1-3-6-10/h1-8H,9H2,(H,16,18). The lowest BCUT2D eigenvalue weighted by Gasteiger charge is -2.05. The fourth-order valence-corrected chi connectivity index (χ4v) is 2.68. The van der Waals surface area contributed by atoms with Crippen LogP contribution in [0.5, 0.6) is 0 Å². The molecule has 0 fully saturated rings. The van der Waals surface area contributed by atoms with E-state index >= 15 is 0 Å². The molecule has 0 atom stereocenters. The highest BCUT2D eigenvalue weighted by Gasteiger charge is 2.09. The molecule has 0 spiro atoms. The lowest BCUT2D eigenvalue weighted by atomic mass is 10.2. The maximum atomic E-state index is 11.8. The summed E-state index contributed by atoms with van der Waals surface area (Å²) in [5, 5.41) is 3.58. The number of para-hydroxylation sites is 1. The van der Waals surface area contributed by atoms with Gasteiger partial charge in [-0.05, 0) is 33.6 Å². The van der Waals surface area contributed by atoms with E-state index in [0.29, 0.717) is 11.9 Å². The Hall–Kier alpha value is -1.81. The average molecular weight is 303 g/mol. The molecule has 0 radical (unpaired) electrons. The number of aromatic nitrogens is 2. The van der Waals surface area contributed by atoms with Crippen LogP contribution in [0.15, 0.2) is 57.8 Å². The van der Waals surface area contributed by atoms with E-state index in [9.17, 15) is 4.79 Å². The van der Waals surface area contributed by atoms with Crippen molar-refractivity contribution in [3.8, 4) is 0 Å². The summed E-state index contributed by atoms with van der Waals surface area (Å²) >= 11 is 3.49. The second-order valence-corrected chi connectivity index (χ2v) is 5.00. The van der Waals surface area contributed by atoms with Crippen LogP contribution >= 0.6 is 15.9 Å². The summed E-state index contributed by atoms with van der Waals surface area (Å²) in [6, 6.07) is 15.7. The second kappa shape index (κ2) is 4.46. The van der Waals surface area contributed by atoms with E-state index in [0.717, 1.165) is 15.6 Å². The summed E-state index contributed by atoms with van der Waals surface area (Å²) in [6.45, 7) is 0.655. The zero-order chi connectivity index (χ0) is 12.5. The molecule has 0 unspecified atom stereocenters. The molecule has 0 amide bonds. The summed E-state index contributed by atoms with van der Waals surface area (Å²) in [4.78, 5) is 11.8. The molecule has 0 aliphatic carbocycles. The number of nitrogens with zero attached hydrogens (tertiary/aromatic N) is 1. The van der Waals surface area contributed by atoms with Crippen LogP contribution in [0, 0.1) is 0 Å². The Morgan fingerprint density at radius 3 is 2.61 bits per heavy atom. The molecule has 0 aliphatic heterocycles. The molecule has 1 N–H and O–H groups in total. The first-order chi connectivity index (χ1) is 8.75. The number of halogens is 1. The predicted molar refractivity (Wildman–Crippen MR) is 75.8 cm³/mol. The Morgan fingerprint density at radius 2 is 1.83 bits per heavy atom.